The van der Waals surface area contributed by atoms with Crippen LogP contribution in [-0.2, 0) is 4.74 Å². The van der Waals surface area contributed by atoms with Gasteiger partial charge >= 0.3 is 5.63 Å². The highest BCUT2D eigenvalue weighted by Gasteiger charge is 2.42. The molecule has 140 valence electrons. The van der Waals surface area contributed by atoms with E-state index in [9.17, 15) is 14.7 Å². The highest BCUT2D eigenvalue weighted by Crippen LogP contribution is 2.41. The maximum Gasteiger partial charge on any atom is 0.336 e. The zero-order valence-electron chi connectivity index (χ0n) is 15.5. The van der Waals surface area contributed by atoms with Crippen molar-refractivity contribution in [3.05, 3.63) is 46.3 Å². The summed E-state index contributed by atoms with van der Waals surface area (Å²) in [6, 6.07) is 7.93. The summed E-state index contributed by atoms with van der Waals surface area (Å²) in [6.07, 6.45) is 2.17. The van der Waals surface area contributed by atoms with Gasteiger partial charge in [-0.2, -0.15) is 0 Å². The van der Waals surface area contributed by atoms with E-state index in [0.29, 0.717) is 16.9 Å². The topological polar surface area (TPSA) is 76.7 Å². The van der Waals surface area contributed by atoms with Gasteiger partial charge in [-0.1, -0.05) is 51.8 Å². The smallest absolute Gasteiger partial charge is 0.336 e. The van der Waals surface area contributed by atoms with Gasteiger partial charge in [0.1, 0.15) is 5.58 Å². The van der Waals surface area contributed by atoms with E-state index in [1.807, 2.05) is 0 Å². The minimum absolute atomic E-state index is 0.132. The first kappa shape index (κ1) is 18.8. The van der Waals surface area contributed by atoms with Gasteiger partial charge in [0.25, 0.3) is 0 Å². The minimum Gasteiger partial charge on any atom is -0.423 e. The summed E-state index contributed by atoms with van der Waals surface area (Å²) in [5.41, 5.74) is -0.696. The van der Waals surface area contributed by atoms with Crippen molar-refractivity contribution in [2.45, 2.75) is 58.3 Å². The second-order valence-corrected chi connectivity index (χ2v) is 7.73. The molecule has 3 rings (SSSR count). The Balaban J connectivity index is 1.91. The second-order valence-electron chi connectivity index (χ2n) is 7.73. The number of hydrogen-bond donors (Lipinski definition) is 1. The van der Waals surface area contributed by atoms with E-state index in [-0.39, 0.29) is 11.5 Å². The number of para-hydroxylation sites is 1. The molecule has 0 aliphatic heterocycles. The molecule has 0 radical (unpaired) electrons. The van der Waals surface area contributed by atoms with Crippen molar-refractivity contribution >= 4 is 16.8 Å². The van der Waals surface area contributed by atoms with E-state index >= 15 is 0 Å². The van der Waals surface area contributed by atoms with Crippen molar-refractivity contribution in [3.63, 3.8) is 0 Å². The number of benzene rings is 1. The van der Waals surface area contributed by atoms with Gasteiger partial charge in [0, 0.05) is 17.0 Å². The maximum absolute atomic E-state index is 12.9. The molecule has 1 saturated carbocycles. The Morgan fingerprint density at radius 1 is 1.35 bits per heavy atom. The van der Waals surface area contributed by atoms with Crippen LogP contribution in [0.4, 0.5) is 0 Å². The lowest BCUT2D eigenvalue weighted by Crippen LogP contribution is -2.47. The fraction of sp³-hybridized carbons (Fsp3) is 0.524. The lowest BCUT2D eigenvalue weighted by atomic mass is 9.73. The lowest BCUT2D eigenvalue weighted by molar-refractivity contribution is -0.196. The molecule has 1 N–H and O–H groups in total. The van der Waals surface area contributed by atoms with Gasteiger partial charge in [0.2, 0.25) is 12.1 Å². The van der Waals surface area contributed by atoms with Crippen LogP contribution in [0.2, 0.25) is 0 Å². The molecule has 1 aliphatic carbocycles. The zero-order valence-corrected chi connectivity index (χ0v) is 15.5. The van der Waals surface area contributed by atoms with Crippen LogP contribution in [0.1, 0.15) is 56.8 Å². The van der Waals surface area contributed by atoms with Crippen LogP contribution in [0.3, 0.4) is 0 Å². The summed E-state index contributed by atoms with van der Waals surface area (Å²) in [7, 11) is 0. The molecule has 0 amide bonds. The highest BCUT2D eigenvalue weighted by atomic mass is 16.6. The standard InChI is InChI=1S/C21H26O5/c1-13(2)21(10-6-7-14(3)12-21)26-20(24)19(23)16-11-18(22)25-17-9-5-4-8-15(16)17/h4-5,8-9,11,13-14,20,24H,6-7,10,12H2,1-3H3. The molecule has 2 aromatic rings. The van der Waals surface area contributed by atoms with E-state index in [0.717, 1.165) is 31.7 Å². The van der Waals surface area contributed by atoms with Gasteiger partial charge < -0.3 is 14.3 Å². The predicted octanol–water partition coefficient (Wildman–Crippen LogP) is 3.92. The number of Topliss-reactive ketones (excluding diaryl/α,β-unsaturated/α-hetero) is 1. The number of fused-ring (bicyclic) bond motifs is 1. The van der Waals surface area contributed by atoms with E-state index in [2.05, 4.69) is 20.8 Å². The molecule has 26 heavy (non-hydrogen) atoms. The van der Waals surface area contributed by atoms with Crippen molar-refractivity contribution in [3.8, 4) is 0 Å². The van der Waals surface area contributed by atoms with Crippen LogP contribution < -0.4 is 5.63 Å². The quantitative estimate of drug-likeness (QED) is 0.498. The van der Waals surface area contributed by atoms with Crippen LogP contribution in [0.5, 0.6) is 0 Å². The number of rotatable bonds is 5. The Morgan fingerprint density at radius 3 is 2.77 bits per heavy atom. The molecule has 1 aliphatic rings. The number of carbonyl (C=O) groups is 1. The zero-order chi connectivity index (χ0) is 18.9. The number of carbonyl (C=O) groups excluding carboxylic acids is 1. The van der Waals surface area contributed by atoms with E-state index in [1.165, 1.54) is 0 Å². The Labute approximate surface area is 153 Å². The fourth-order valence-electron chi connectivity index (χ4n) is 4.04. The third-order valence-corrected chi connectivity index (χ3v) is 5.53. The van der Waals surface area contributed by atoms with Crippen LogP contribution in [0.25, 0.3) is 11.0 Å². The molecule has 3 unspecified atom stereocenters. The third kappa shape index (κ3) is 3.60. The van der Waals surface area contributed by atoms with E-state index in [4.69, 9.17) is 9.15 Å². The molecule has 0 saturated heterocycles. The number of aliphatic hydroxyl groups excluding tert-OH is 1. The van der Waals surface area contributed by atoms with Crippen molar-refractivity contribution < 1.29 is 19.1 Å². The Morgan fingerprint density at radius 2 is 2.08 bits per heavy atom. The molecule has 1 heterocycles. The molecule has 3 atom stereocenters. The first-order valence-electron chi connectivity index (χ1n) is 9.25. The average Bonchev–Trinajstić information content (AvgIpc) is 2.60. The molecule has 1 aromatic carbocycles. The molecular weight excluding hydrogens is 332 g/mol. The van der Waals surface area contributed by atoms with Crippen molar-refractivity contribution in [1.29, 1.82) is 0 Å². The summed E-state index contributed by atoms with van der Waals surface area (Å²) < 4.78 is 11.1. The Bertz CT molecular complexity index is 853. The first-order chi connectivity index (χ1) is 12.3. The molecule has 0 spiro atoms. The molecule has 5 nitrogen and oxygen atoms in total. The van der Waals surface area contributed by atoms with E-state index < -0.39 is 23.3 Å². The second kappa shape index (κ2) is 7.33. The van der Waals surface area contributed by atoms with Crippen LogP contribution in [0, 0.1) is 11.8 Å². The fourth-order valence-corrected chi connectivity index (χ4v) is 4.04. The van der Waals surface area contributed by atoms with Crippen molar-refractivity contribution in [2.24, 2.45) is 11.8 Å². The minimum atomic E-state index is -1.60. The number of ether oxygens (including phenoxy) is 1. The largest absolute Gasteiger partial charge is 0.423 e. The van der Waals surface area contributed by atoms with Gasteiger partial charge in [-0.3, -0.25) is 4.79 Å². The first-order valence-corrected chi connectivity index (χ1v) is 9.25. The highest BCUT2D eigenvalue weighted by molar-refractivity contribution is 6.08. The van der Waals surface area contributed by atoms with E-state index in [1.54, 1.807) is 24.3 Å². The van der Waals surface area contributed by atoms with Gasteiger partial charge in [0.15, 0.2) is 0 Å². The number of ketones is 1. The van der Waals surface area contributed by atoms with Gasteiger partial charge in [0.05, 0.1) is 5.60 Å². The number of hydrogen-bond acceptors (Lipinski definition) is 5. The van der Waals surface area contributed by atoms with Crippen LogP contribution in [-0.4, -0.2) is 22.8 Å². The third-order valence-electron chi connectivity index (χ3n) is 5.53. The normalized spacial score (nSPS) is 24.7. The lowest BCUT2D eigenvalue weighted by Gasteiger charge is -2.44. The van der Waals surface area contributed by atoms with Gasteiger partial charge in [-0.05, 0) is 30.7 Å². The molecule has 0 bridgehead atoms. The van der Waals surface area contributed by atoms with Crippen LogP contribution in [0.15, 0.2) is 39.5 Å². The molecule has 1 aromatic heterocycles. The molecule has 1 fully saturated rings. The summed E-state index contributed by atoms with van der Waals surface area (Å²) in [5.74, 6) is 0.0516. The Kier molecular flexibility index (Phi) is 5.30. The Hall–Kier alpha value is -1.98. The summed E-state index contributed by atoms with van der Waals surface area (Å²) >= 11 is 0. The van der Waals surface area contributed by atoms with Gasteiger partial charge in [-0.15, -0.1) is 0 Å². The SMILES string of the molecule is CC1CCCC(OC(O)C(=O)c2cc(=O)oc3ccccc23)(C(C)C)C1. The predicted molar refractivity (Wildman–Crippen MR) is 99.1 cm³/mol. The monoisotopic (exact) mass is 358 g/mol. The summed E-state index contributed by atoms with van der Waals surface area (Å²) in [6.45, 7) is 6.29. The van der Waals surface area contributed by atoms with Crippen LogP contribution >= 0.6 is 0 Å². The molecule has 5 heteroatoms. The average molecular weight is 358 g/mol. The summed E-state index contributed by atoms with van der Waals surface area (Å²) in [4.78, 5) is 24.7. The van der Waals surface area contributed by atoms with Crippen molar-refractivity contribution in [2.75, 3.05) is 0 Å². The van der Waals surface area contributed by atoms with Crippen molar-refractivity contribution in [1.82, 2.24) is 0 Å². The molecular formula is C21H26O5. The number of aliphatic hydroxyl groups is 1. The maximum atomic E-state index is 12.9. The summed E-state index contributed by atoms with van der Waals surface area (Å²) in [5, 5.41) is 11.1. The van der Waals surface area contributed by atoms with Gasteiger partial charge in [-0.25, -0.2) is 4.79 Å².